The van der Waals surface area contributed by atoms with Crippen LogP contribution in [0.3, 0.4) is 0 Å². The molecule has 2 N–H and O–H groups in total. The minimum Gasteiger partial charge on any atom is -0.466 e. The topological polar surface area (TPSA) is 76.1 Å². The van der Waals surface area contributed by atoms with Crippen molar-refractivity contribution < 1.29 is 9.53 Å². The molecule has 0 aliphatic rings. The second-order valence-electron chi connectivity index (χ2n) is 4.15. The molecule has 1 aromatic rings. The SMILES string of the molecule is CCCNc1ncnc(NCCCC(=O)OCC)c1Br. The molecule has 1 aromatic heterocycles. The van der Waals surface area contributed by atoms with Gasteiger partial charge < -0.3 is 15.4 Å². The van der Waals surface area contributed by atoms with Gasteiger partial charge in [-0.05, 0) is 35.7 Å². The third-order valence-corrected chi connectivity index (χ3v) is 3.24. The van der Waals surface area contributed by atoms with Crippen LogP contribution in [0, 0.1) is 0 Å². The molecule has 0 saturated heterocycles. The van der Waals surface area contributed by atoms with Crippen LogP contribution in [0.5, 0.6) is 0 Å². The molecule has 0 saturated carbocycles. The summed E-state index contributed by atoms with van der Waals surface area (Å²) in [4.78, 5) is 19.5. The van der Waals surface area contributed by atoms with E-state index in [4.69, 9.17) is 4.74 Å². The van der Waals surface area contributed by atoms with E-state index in [9.17, 15) is 4.79 Å². The average molecular weight is 345 g/mol. The van der Waals surface area contributed by atoms with Gasteiger partial charge in [-0.2, -0.15) is 0 Å². The Morgan fingerprint density at radius 1 is 1.25 bits per heavy atom. The number of anilines is 2. The van der Waals surface area contributed by atoms with Crippen molar-refractivity contribution in [2.45, 2.75) is 33.1 Å². The molecule has 0 fully saturated rings. The van der Waals surface area contributed by atoms with Crippen molar-refractivity contribution in [1.82, 2.24) is 9.97 Å². The molecule has 0 aliphatic carbocycles. The first-order valence-corrected chi connectivity index (χ1v) is 7.62. The Labute approximate surface area is 127 Å². The van der Waals surface area contributed by atoms with Gasteiger partial charge in [0.05, 0.1) is 6.61 Å². The minimum atomic E-state index is -0.165. The Kier molecular flexibility index (Phi) is 7.94. The Balaban J connectivity index is 2.41. The lowest BCUT2D eigenvalue weighted by Crippen LogP contribution is -2.10. The van der Waals surface area contributed by atoms with Crippen LogP contribution in [-0.4, -0.2) is 35.6 Å². The summed E-state index contributed by atoms with van der Waals surface area (Å²) in [5, 5.41) is 6.40. The van der Waals surface area contributed by atoms with Gasteiger partial charge >= 0.3 is 5.97 Å². The number of ether oxygens (including phenoxy) is 1. The van der Waals surface area contributed by atoms with Gasteiger partial charge in [-0.15, -0.1) is 0 Å². The number of nitrogens with one attached hydrogen (secondary N) is 2. The van der Waals surface area contributed by atoms with Crippen LogP contribution in [0.15, 0.2) is 10.8 Å². The second kappa shape index (κ2) is 9.52. The quantitative estimate of drug-likeness (QED) is 0.529. The molecule has 112 valence electrons. The Morgan fingerprint density at radius 2 is 1.90 bits per heavy atom. The zero-order valence-electron chi connectivity index (χ0n) is 11.9. The first kappa shape index (κ1) is 16.7. The van der Waals surface area contributed by atoms with Crippen LogP contribution < -0.4 is 10.6 Å². The van der Waals surface area contributed by atoms with Crippen molar-refractivity contribution in [2.24, 2.45) is 0 Å². The summed E-state index contributed by atoms with van der Waals surface area (Å²) in [6.45, 7) is 5.84. The lowest BCUT2D eigenvalue weighted by atomic mass is 10.3. The number of nitrogens with zero attached hydrogens (tertiary/aromatic N) is 2. The average Bonchev–Trinajstić information content (AvgIpc) is 2.44. The predicted octanol–water partition coefficient (Wildman–Crippen LogP) is 2.82. The van der Waals surface area contributed by atoms with Crippen LogP contribution in [0.2, 0.25) is 0 Å². The van der Waals surface area contributed by atoms with Gasteiger partial charge in [-0.3, -0.25) is 4.79 Å². The number of carbonyl (C=O) groups excluding carboxylic acids is 1. The van der Waals surface area contributed by atoms with Crippen LogP contribution >= 0.6 is 15.9 Å². The van der Waals surface area contributed by atoms with Gasteiger partial charge in [-0.25, -0.2) is 9.97 Å². The van der Waals surface area contributed by atoms with Gasteiger partial charge in [0.1, 0.15) is 22.4 Å². The normalized spacial score (nSPS) is 10.2. The molecule has 0 radical (unpaired) electrons. The predicted molar refractivity (Wildman–Crippen MR) is 82.9 cm³/mol. The number of hydrogen-bond donors (Lipinski definition) is 2. The summed E-state index contributed by atoms with van der Waals surface area (Å²) in [6.07, 6.45) is 3.65. The molecule has 0 atom stereocenters. The van der Waals surface area contributed by atoms with E-state index >= 15 is 0 Å². The molecule has 0 amide bonds. The van der Waals surface area contributed by atoms with Crippen LogP contribution in [0.4, 0.5) is 11.6 Å². The molecular formula is C13H21BrN4O2. The summed E-state index contributed by atoms with van der Waals surface area (Å²) < 4.78 is 5.68. The second-order valence-corrected chi connectivity index (χ2v) is 4.94. The number of halogens is 1. The molecule has 1 heterocycles. The van der Waals surface area contributed by atoms with E-state index in [2.05, 4.69) is 43.5 Å². The third kappa shape index (κ3) is 5.73. The van der Waals surface area contributed by atoms with E-state index in [0.29, 0.717) is 26.0 Å². The summed E-state index contributed by atoms with van der Waals surface area (Å²) >= 11 is 3.48. The number of aromatic nitrogens is 2. The third-order valence-electron chi connectivity index (χ3n) is 2.49. The van der Waals surface area contributed by atoms with E-state index in [1.54, 1.807) is 6.92 Å². The Morgan fingerprint density at radius 3 is 2.50 bits per heavy atom. The van der Waals surface area contributed by atoms with Crippen LogP contribution in [-0.2, 0) is 9.53 Å². The fraction of sp³-hybridized carbons (Fsp3) is 0.615. The van der Waals surface area contributed by atoms with E-state index in [0.717, 1.165) is 29.1 Å². The van der Waals surface area contributed by atoms with Crippen LogP contribution in [0.25, 0.3) is 0 Å². The number of carbonyl (C=O) groups is 1. The Bertz CT molecular complexity index is 429. The molecule has 6 nitrogen and oxygen atoms in total. The lowest BCUT2D eigenvalue weighted by Gasteiger charge is -2.11. The van der Waals surface area contributed by atoms with Gasteiger partial charge in [0.25, 0.3) is 0 Å². The van der Waals surface area contributed by atoms with E-state index in [-0.39, 0.29) is 5.97 Å². The maximum atomic E-state index is 11.2. The molecule has 0 aromatic carbocycles. The molecule has 0 unspecified atom stereocenters. The highest BCUT2D eigenvalue weighted by Crippen LogP contribution is 2.26. The van der Waals surface area contributed by atoms with Crippen molar-refractivity contribution in [3.05, 3.63) is 10.8 Å². The first-order valence-electron chi connectivity index (χ1n) is 6.82. The highest BCUT2D eigenvalue weighted by molar-refractivity contribution is 9.10. The van der Waals surface area contributed by atoms with Gasteiger partial charge in [0.15, 0.2) is 0 Å². The number of esters is 1. The van der Waals surface area contributed by atoms with Crippen LogP contribution in [0.1, 0.15) is 33.1 Å². The standard InChI is InChI=1S/C13H21BrN4O2/c1-3-7-15-12-11(14)13(18-9-17-12)16-8-5-6-10(19)20-4-2/h9H,3-8H2,1-2H3,(H2,15,16,17,18). The molecule has 20 heavy (non-hydrogen) atoms. The lowest BCUT2D eigenvalue weighted by molar-refractivity contribution is -0.143. The summed E-state index contributed by atoms with van der Waals surface area (Å²) in [5.74, 6) is 1.33. The highest BCUT2D eigenvalue weighted by Gasteiger charge is 2.08. The van der Waals surface area contributed by atoms with Crippen molar-refractivity contribution in [1.29, 1.82) is 0 Å². The van der Waals surface area contributed by atoms with E-state index in [1.165, 1.54) is 6.33 Å². The largest absolute Gasteiger partial charge is 0.466 e. The molecule has 7 heteroatoms. The van der Waals surface area contributed by atoms with Crippen molar-refractivity contribution in [3.8, 4) is 0 Å². The summed E-state index contributed by atoms with van der Waals surface area (Å²) in [7, 11) is 0. The Hall–Kier alpha value is -1.37. The zero-order chi connectivity index (χ0) is 14.8. The fourth-order valence-electron chi connectivity index (χ4n) is 1.53. The number of rotatable bonds is 9. The summed E-state index contributed by atoms with van der Waals surface area (Å²) in [5.41, 5.74) is 0. The summed E-state index contributed by atoms with van der Waals surface area (Å²) in [6, 6.07) is 0. The smallest absolute Gasteiger partial charge is 0.305 e. The van der Waals surface area contributed by atoms with Gasteiger partial charge in [0.2, 0.25) is 0 Å². The van der Waals surface area contributed by atoms with Crippen molar-refractivity contribution in [2.75, 3.05) is 30.3 Å². The van der Waals surface area contributed by atoms with E-state index in [1.807, 2.05) is 0 Å². The minimum absolute atomic E-state index is 0.165. The molecule has 0 spiro atoms. The molecule has 1 rings (SSSR count). The maximum absolute atomic E-state index is 11.2. The molecule has 0 bridgehead atoms. The fourth-order valence-corrected chi connectivity index (χ4v) is 2.02. The van der Waals surface area contributed by atoms with Gasteiger partial charge in [0, 0.05) is 19.5 Å². The van der Waals surface area contributed by atoms with Gasteiger partial charge in [-0.1, -0.05) is 6.92 Å². The molecular weight excluding hydrogens is 324 g/mol. The van der Waals surface area contributed by atoms with E-state index < -0.39 is 0 Å². The zero-order valence-corrected chi connectivity index (χ0v) is 13.5. The maximum Gasteiger partial charge on any atom is 0.305 e. The van der Waals surface area contributed by atoms with Crippen molar-refractivity contribution >= 4 is 33.5 Å². The highest BCUT2D eigenvalue weighted by atomic mass is 79.9. The molecule has 0 aliphatic heterocycles. The first-order chi connectivity index (χ1) is 9.69. The number of hydrogen-bond acceptors (Lipinski definition) is 6. The van der Waals surface area contributed by atoms with Crippen molar-refractivity contribution in [3.63, 3.8) is 0 Å². The monoisotopic (exact) mass is 344 g/mol.